The molecule has 0 aliphatic carbocycles. The number of aromatic hydroxyl groups is 1. The van der Waals surface area contributed by atoms with Crippen LogP contribution in [0.3, 0.4) is 0 Å². The van der Waals surface area contributed by atoms with Crippen LogP contribution in [0, 0.1) is 0 Å². The molecular formula is C17H23ClN4O4S. The van der Waals surface area contributed by atoms with Crippen LogP contribution < -0.4 is 0 Å². The van der Waals surface area contributed by atoms with Crippen LogP contribution in [0.1, 0.15) is 50.3 Å². The van der Waals surface area contributed by atoms with E-state index >= 15 is 0 Å². The second-order valence-electron chi connectivity index (χ2n) is 5.84. The Morgan fingerprint density at radius 2 is 2.15 bits per heavy atom. The molecule has 0 spiro atoms. The number of ether oxygens (including phenoxy) is 1. The highest BCUT2D eigenvalue weighted by Crippen LogP contribution is 2.36. The SMILES string of the molecule is CCC=Cc1c(C(CC)OCCCS(=O)(=O)c2nn[nH]n2)ccc(Cl)c1O. The average molecular weight is 415 g/mol. The number of aromatic amines is 1. The van der Waals surface area contributed by atoms with Crippen LogP contribution >= 0.6 is 11.6 Å². The van der Waals surface area contributed by atoms with Crippen molar-refractivity contribution < 1.29 is 18.3 Å². The summed E-state index contributed by atoms with van der Waals surface area (Å²) in [6, 6.07) is 3.45. The van der Waals surface area contributed by atoms with Crippen molar-refractivity contribution >= 4 is 27.5 Å². The lowest BCUT2D eigenvalue weighted by Gasteiger charge is -2.20. The van der Waals surface area contributed by atoms with Crippen LogP contribution in [0.2, 0.25) is 5.02 Å². The van der Waals surface area contributed by atoms with Gasteiger partial charge in [0.2, 0.25) is 9.84 Å². The number of nitrogens with one attached hydrogen (secondary N) is 1. The first-order chi connectivity index (χ1) is 12.9. The van der Waals surface area contributed by atoms with Gasteiger partial charge in [-0.3, -0.25) is 0 Å². The van der Waals surface area contributed by atoms with Crippen LogP contribution in [0.15, 0.2) is 23.4 Å². The van der Waals surface area contributed by atoms with Gasteiger partial charge in [-0.05, 0) is 36.1 Å². The molecule has 1 atom stereocenters. The number of rotatable bonds is 10. The zero-order valence-electron chi connectivity index (χ0n) is 15.2. The summed E-state index contributed by atoms with van der Waals surface area (Å²) in [5.41, 5.74) is 1.43. The Morgan fingerprint density at radius 3 is 2.78 bits per heavy atom. The number of tetrazole rings is 1. The summed E-state index contributed by atoms with van der Waals surface area (Å²) >= 11 is 6.03. The van der Waals surface area contributed by atoms with Crippen molar-refractivity contribution in [1.82, 2.24) is 20.6 Å². The lowest BCUT2D eigenvalue weighted by atomic mass is 9.99. The van der Waals surface area contributed by atoms with Gasteiger partial charge in [0.05, 0.1) is 16.9 Å². The van der Waals surface area contributed by atoms with Crippen LogP contribution in [0.4, 0.5) is 0 Å². The maximum Gasteiger partial charge on any atom is 0.288 e. The van der Waals surface area contributed by atoms with E-state index in [2.05, 4.69) is 20.6 Å². The lowest BCUT2D eigenvalue weighted by molar-refractivity contribution is 0.0505. The van der Waals surface area contributed by atoms with Crippen molar-refractivity contribution in [3.63, 3.8) is 0 Å². The number of hydrogen-bond donors (Lipinski definition) is 2. The largest absolute Gasteiger partial charge is 0.506 e. The fourth-order valence-electron chi connectivity index (χ4n) is 2.57. The second-order valence-corrected chi connectivity index (χ2v) is 8.25. The van der Waals surface area contributed by atoms with Crippen molar-refractivity contribution in [2.45, 2.75) is 44.4 Å². The number of aromatic nitrogens is 4. The molecule has 0 fully saturated rings. The first-order valence-corrected chi connectivity index (χ1v) is 10.7. The molecule has 0 amide bonds. The zero-order chi connectivity index (χ0) is 19.9. The highest BCUT2D eigenvalue weighted by Gasteiger charge is 2.21. The summed E-state index contributed by atoms with van der Waals surface area (Å²) < 4.78 is 30.0. The molecular weight excluding hydrogens is 392 g/mol. The molecule has 2 aromatic rings. The van der Waals surface area contributed by atoms with E-state index in [9.17, 15) is 13.5 Å². The number of sulfone groups is 1. The molecule has 10 heteroatoms. The van der Waals surface area contributed by atoms with E-state index in [1.807, 2.05) is 32.1 Å². The van der Waals surface area contributed by atoms with Gasteiger partial charge in [0.15, 0.2) is 0 Å². The van der Waals surface area contributed by atoms with E-state index in [-0.39, 0.29) is 40.8 Å². The molecule has 8 nitrogen and oxygen atoms in total. The third-order valence-electron chi connectivity index (χ3n) is 3.92. The van der Waals surface area contributed by atoms with Gasteiger partial charge in [-0.1, -0.05) is 48.8 Å². The second kappa shape index (κ2) is 9.82. The fraction of sp³-hybridized carbons (Fsp3) is 0.471. The smallest absolute Gasteiger partial charge is 0.288 e. The number of phenolic OH excluding ortho intramolecular Hbond substituents is 1. The van der Waals surface area contributed by atoms with E-state index in [0.29, 0.717) is 12.0 Å². The van der Waals surface area contributed by atoms with Crippen molar-refractivity contribution in [3.8, 4) is 5.75 Å². The number of allylic oxidation sites excluding steroid dienone is 1. The Hall–Kier alpha value is -1.97. The minimum Gasteiger partial charge on any atom is -0.506 e. The summed E-state index contributed by atoms with van der Waals surface area (Å²) in [7, 11) is -3.58. The molecule has 1 unspecified atom stereocenters. The number of benzene rings is 1. The van der Waals surface area contributed by atoms with E-state index in [1.165, 1.54) is 0 Å². The standard InChI is InChI=1S/C17H23ClN4O4S/c1-3-5-7-13-12(8-9-14(18)16(13)23)15(4-2)26-10-6-11-27(24,25)17-19-21-22-20-17/h5,7-9,15,23H,3-4,6,10-11H2,1-2H3,(H,19,20,21,22). The van der Waals surface area contributed by atoms with Crippen molar-refractivity contribution in [2.75, 3.05) is 12.4 Å². The van der Waals surface area contributed by atoms with E-state index < -0.39 is 9.84 Å². The van der Waals surface area contributed by atoms with E-state index in [0.717, 1.165) is 12.0 Å². The molecule has 2 rings (SSSR count). The number of hydrogen-bond acceptors (Lipinski definition) is 7. The molecule has 0 saturated heterocycles. The van der Waals surface area contributed by atoms with Crippen molar-refractivity contribution in [1.29, 1.82) is 0 Å². The van der Waals surface area contributed by atoms with Gasteiger partial charge in [-0.25, -0.2) is 8.42 Å². The molecule has 0 bridgehead atoms. The molecule has 1 aromatic carbocycles. The van der Waals surface area contributed by atoms with Gasteiger partial charge >= 0.3 is 0 Å². The molecule has 0 aliphatic rings. The Bertz CT molecular complexity index is 869. The summed E-state index contributed by atoms with van der Waals surface area (Å²) in [5.74, 6) is -0.127. The molecule has 27 heavy (non-hydrogen) atoms. The molecule has 148 valence electrons. The molecule has 2 N–H and O–H groups in total. The van der Waals surface area contributed by atoms with Gasteiger partial charge in [0, 0.05) is 12.2 Å². The maximum absolute atomic E-state index is 12.0. The highest BCUT2D eigenvalue weighted by molar-refractivity contribution is 7.91. The van der Waals surface area contributed by atoms with E-state index in [4.69, 9.17) is 16.3 Å². The predicted molar refractivity (Wildman–Crippen MR) is 102 cm³/mol. The van der Waals surface area contributed by atoms with Gasteiger partial charge in [0.25, 0.3) is 5.16 Å². The summed E-state index contributed by atoms with van der Waals surface area (Å²) in [4.78, 5) is 0. The molecule has 0 radical (unpaired) electrons. The third kappa shape index (κ3) is 5.50. The molecule has 0 saturated carbocycles. The number of nitrogens with zero attached hydrogens (tertiary/aromatic N) is 3. The first-order valence-electron chi connectivity index (χ1n) is 8.66. The predicted octanol–water partition coefficient (Wildman–Crippen LogP) is 3.31. The quantitative estimate of drug-likeness (QED) is 0.572. The van der Waals surface area contributed by atoms with Crippen LogP contribution in [0.5, 0.6) is 5.75 Å². The number of H-pyrrole nitrogens is 1. The van der Waals surface area contributed by atoms with E-state index in [1.54, 1.807) is 6.07 Å². The monoisotopic (exact) mass is 414 g/mol. The van der Waals surface area contributed by atoms with Crippen LogP contribution in [0.25, 0.3) is 6.08 Å². The number of halogens is 1. The Labute approximate surface area is 163 Å². The zero-order valence-corrected chi connectivity index (χ0v) is 16.8. The van der Waals surface area contributed by atoms with Gasteiger partial charge in [-0.15, -0.1) is 5.10 Å². The Kier molecular flexibility index (Phi) is 7.76. The van der Waals surface area contributed by atoms with Gasteiger partial charge in [-0.2, -0.15) is 5.21 Å². The minimum absolute atomic E-state index is 0.0144. The van der Waals surface area contributed by atoms with Crippen LogP contribution in [-0.2, 0) is 14.6 Å². The molecule has 1 aromatic heterocycles. The summed E-state index contributed by atoms with van der Waals surface area (Å²) in [5, 5.41) is 22.6. The highest BCUT2D eigenvalue weighted by atomic mass is 35.5. The topological polar surface area (TPSA) is 118 Å². The average Bonchev–Trinajstić information content (AvgIpc) is 3.19. The van der Waals surface area contributed by atoms with Crippen molar-refractivity contribution in [2.24, 2.45) is 0 Å². The summed E-state index contributed by atoms with van der Waals surface area (Å²) in [6.45, 7) is 4.19. The summed E-state index contributed by atoms with van der Waals surface area (Å²) in [6.07, 6.45) is 5.22. The number of phenols is 1. The van der Waals surface area contributed by atoms with Crippen LogP contribution in [-0.4, -0.2) is 46.5 Å². The van der Waals surface area contributed by atoms with Crippen molar-refractivity contribution in [3.05, 3.63) is 34.4 Å². The van der Waals surface area contributed by atoms with Gasteiger partial charge in [0.1, 0.15) is 5.75 Å². The molecule has 0 aliphatic heterocycles. The normalized spacial score (nSPS) is 13.3. The third-order valence-corrected chi connectivity index (χ3v) is 5.78. The maximum atomic E-state index is 12.0. The minimum atomic E-state index is -3.58. The Balaban J connectivity index is 2.05. The first kappa shape index (κ1) is 21.3. The molecule has 1 heterocycles. The Morgan fingerprint density at radius 1 is 1.37 bits per heavy atom. The lowest BCUT2D eigenvalue weighted by Crippen LogP contribution is -2.13. The fourth-order valence-corrected chi connectivity index (χ4v) is 3.76. The van der Waals surface area contributed by atoms with Gasteiger partial charge < -0.3 is 9.84 Å².